The minimum absolute atomic E-state index is 0.0806. The van der Waals surface area contributed by atoms with E-state index in [0.717, 1.165) is 29.9 Å². The lowest BCUT2D eigenvalue weighted by atomic mass is 10.1. The molecule has 0 fully saturated rings. The van der Waals surface area contributed by atoms with Crippen LogP contribution in [0.25, 0.3) is 0 Å². The van der Waals surface area contributed by atoms with Gasteiger partial charge in [-0.1, -0.05) is 35.9 Å². The summed E-state index contributed by atoms with van der Waals surface area (Å²) in [5.41, 5.74) is 6.38. The van der Waals surface area contributed by atoms with Crippen molar-refractivity contribution in [3.8, 4) is 0 Å². The third-order valence-corrected chi connectivity index (χ3v) is 4.60. The third-order valence-electron chi connectivity index (χ3n) is 4.60. The number of anilines is 3. The Morgan fingerprint density at radius 3 is 2.56 bits per heavy atom. The predicted molar refractivity (Wildman–Crippen MR) is 103 cm³/mol. The Bertz CT molecular complexity index is 915. The third kappa shape index (κ3) is 3.13. The monoisotopic (exact) mass is 328 g/mol. The van der Waals surface area contributed by atoms with E-state index in [4.69, 9.17) is 0 Å². The molecule has 0 spiro atoms. The van der Waals surface area contributed by atoms with E-state index in [1.54, 1.807) is 0 Å². The van der Waals surface area contributed by atoms with Crippen molar-refractivity contribution in [3.05, 3.63) is 89.5 Å². The fraction of sp³-hybridized carbons (Fsp3) is 0.136. The Balaban J connectivity index is 1.50. The van der Waals surface area contributed by atoms with Crippen molar-refractivity contribution in [2.75, 3.05) is 16.8 Å². The number of nitrogens with one attached hydrogen (secondary N) is 1. The lowest BCUT2D eigenvalue weighted by Crippen LogP contribution is -2.14. The van der Waals surface area contributed by atoms with Gasteiger partial charge in [-0.15, -0.1) is 0 Å². The molecule has 124 valence electrons. The van der Waals surface area contributed by atoms with Gasteiger partial charge in [0.05, 0.1) is 0 Å². The van der Waals surface area contributed by atoms with Crippen LogP contribution in [0, 0.1) is 6.92 Å². The van der Waals surface area contributed by atoms with Gasteiger partial charge < -0.3 is 10.2 Å². The summed E-state index contributed by atoms with van der Waals surface area (Å²) in [6.45, 7) is 2.98. The summed E-state index contributed by atoms with van der Waals surface area (Å²) >= 11 is 0. The molecule has 1 aliphatic heterocycles. The van der Waals surface area contributed by atoms with Crippen molar-refractivity contribution in [2.45, 2.75) is 13.3 Å². The van der Waals surface area contributed by atoms with Crippen LogP contribution >= 0.6 is 0 Å². The van der Waals surface area contributed by atoms with Crippen LogP contribution in [0.1, 0.15) is 21.5 Å². The highest BCUT2D eigenvalue weighted by molar-refractivity contribution is 6.04. The molecule has 1 heterocycles. The summed E-state index contributed by atoms with van der Waals surface area (Å²) in [4.78, 5) is 14.7. The Morgan fingerprint density at radius 1 is 0.960 bits per heavy atom. The number of para-hydroxylation sites is 1. The van der Waals surface area contributed by atoms with Crippen molar-refractivity contribution >= 4 is 23.0 Å². The van der Waals surface area contributed by atoms with E-state index in [-0.39, 0.29) is 5.91 Å². The number of fused-ring (bicyclic) bond motifs is 1. The topological polar surface area (TPSA) is 32.3 Å². The molecular weight excluding hydrogens is 308 g/mol. The largest absolute Gasteiger partial charge is 0.341 e. The van der Waals surface area contributed by atoms with Crippen LogP contribution in [0.15, 0.2) is 72.8 Å². The number of carbonyl (C=O) groups excluding carboxylic acids is 1. The van der Waals surface area contributed by atoms with E-state index < -0.39 is 0 Å². The van der Waals surface area contributed by atoms with E-state index in [2.05, 4.69) is 46.6 Å². The average Bonchev–Trinajstić information content (AvgIpc) is 3.06. The van der Waals surface area contributed by atoms with Gasteiger partial charge in [0, 0.05) is 29.2 Å². The molecule has 1 aliphatic rings. The average molecular weight is 328 g/mol. The van der Waals surface area contributed by atoms with Crippen LogP contribution in [0.3, 0.4) is 0 Å². The highest BCUT2D eigenvalue weighted by Gasteiger charge is 2.19. The smallest absolute Gasteiger partial charge is 0.255 e. The molecule has 1 N–H and O–H groups in total. The SMILES string of the molecule is Cc1cccc(C(=O)Nc2ccc(N3CCc4ccccc43)cc2)c1. The highest BCUT2D eigenvalue weighted by atomic mass is 16.1. The molecule has 3 aromatic carbocycles. The molecule has 25 heavy (non-hydrogen) atoms. The molecule has 3 nitrogen and oxygen atoms in total. The van der Waals surface area contributed by atoms with Crippen LogP contribution in [0.4, 0.5) is 17.1 Å². The van der Waals surface area contributed by atoms with Crippen molar-refractivity contribution in [3.63, 3.8) is 0 Å². The van der Waals surface area contributed by atoms with E-state index >= 15 is 0 Å². The lowest BCUT2D eigenvalue weighted by molar-refractivity contribution is 0.102. The summed E-state index contributed by atoms with van der Waals surface area (Å²) < 4.78 is 0. The standard InChI is InChI=1S/C22H20N2O/c1-16-5-4-7-18(15-16)22(25)23-19-9-11-20(12-10-19)24-14-13-17-6-2-3-8-21(17)24/h2-12,15H,13-14H2,1H3,(H,23,25). The minimum Gasteiger partial charge on any atom is -0.341 e. The minimum atomic E-state index is -0.0806. The van der Waals surface area contributed by atoms with Crippen LogP contribution in [-0.2, 0) is 6.42 Å². The zero-order valence-corrected chi connectivity index (χ0v) is 14.2. The summed E-state index contributed by atoms with van der Waals surface area (Å²) in [7, 11) is 0. The fourth-order valence-electron chi connectivity index (χ4n) is 3.32. The second-order valence-corrected chi connectivity index (χ2v) is 6.40. The number of amides is 1. The highest BCUT2D eigenvalue weighted by Crippen LogP contribution is 2.34. The van der Waals surface area contributed by atoms with Gasteiger partial charge >= 0.3 is 0 Å². The molecule has 4 rings (SSSR count). The second-order valence-electron chi connectivity index (χ2n) is 6.40. The van der Waals surface area contributed by atoms with E-state index in [1.165, 1.54) is 11.3 Å². The van der Waals surface area contributed by atoms with Crippen LogP contribution in [-0.4, -0.2) is 12.5 Å². The van der Waals surface area contributed by atoms with Crippen molar-refractivity contribution in [1.82, 2.24) is 0 Å². The fourth-order valence-corrected chi connectivity index (χ4v) is 3.32. The Kier molecular flexibility index (Phi) is 3.98. The van der Waals surface area contributed by atoms with E-state index in [9.17, 15) is 4.79 Å². The molecule has 0 radical (unpaired) electrons. The summed E-state index contributed by atoms with van der Waals surface area (Å²) in [5, 5.41) is 2.96. The van der Waals surface area contributed by atoms with Gasteiger partial charge in [-0.3, -0.25) is 4.79 Å². The number of hydrogen-bond acceptors (Lipinski definition) is 2. The van der Waals surface area contributed by atoms with Crippen LogP contribution < -0.4 is 10.2 Å². The number of rotatable bonds is 3. The molecule has 0 aliphatic carbocycles. The maximum atomic E-state index is 12.3. The van der Waals surface area contributed by atoms with Gasteiger partial charge in [-0.05, 0) is 61.4 Å². The first kappa shape index (κ1) is 15.5. The Labute approximate surface area is 147 Å². The van der Waals surface area contributed by atoms with Gasteiger partial charge in [0.25, 0.3) is 5.91 Å². The van der Waals surface area contributed by atoms with Crippen molar-refractivity contribution in [1.29, 1.82) is 0 Å². The van der Waals surface area contributed by atoms with Gasteiger partial charge in [-0.2, -0.15) is 0 Å². The van der Waals surface area contributed by atoms with Crippen molar-refractivity contribution < 1.29 is 4.79 Å². The maximum absolute atomic E-state index is 12.3. The zero-order chi connectivity index (χ0) is 17.2. The molecule has 0 aromatic heterocycles. The van der Waals surface area contributed by atoms with Crippen LogP contribution in [0.5, 0.6) is 0 Å². The molecule has 3 heteroatoms. The molecule has 0 atom stereocenters. The molecule has 0 saturated carbocycles. The number of carbonyl (C=O) groups is 1. The first-order chi connectivity index (χ1) is 12.2. The van der Waals surface area contributed by atoms with E-state index in [1.807, 2.05) is 43.3 Å². The number of aryl methyl sites for hydroxylation is 1. The number of benzene rings is 3. The first-order valence-corrected chi connectivity index (χ1v) is 8.54. The molecule has 3 aromatic rings. The number of nitrogens with zero attached hydrogens (tertiary/aromatic N) is 1. The van der Waals surface area contributed by atoms with Crippen molar-refractivity contribution in [2.24, 2.45) is 0 Å². The summed E-state index contributed by atoms with van der Waals surface area (Å²) in [5.74, 6) is -0.0806. The van der Waals surface area contributed by atoms with Gasteiger partial charge in [-0.25, -0.2) is 0 Å². The van der Waals surface area contributed by atoms with Crippen LogP contribution in [0.2, 0.25) is 0 Å². The molecule has 0 saturated heterocycles. The molecule has 0 bridgehead atoms. The molecular formula is C22H20N2O. The predicted octanol–water partition coefficient (Wildman–Crippen LogP) is 4.94. The molecule has 0 unspecified atom stereocenters. The second kappa shape index (κ2) is 6.44. The van der Waals surface area contributed by atoms with Gasteiger partial charge in [0.2, 0.25) is 0 Å². The number of hydrogen-bond donors (Lipinski definition) is 1. The maximum Gasteiger partial charge on any atom is 0.255 e. The Hall–Kier alpha value is -3.07. The van der Waals surface area contributed by atoms with E-state index in [0.29, 0.717) is 5.56 Å². The van der Waals surface area contributed by atoms with Gasteiger partial charge in [0.15, 0.2) is 0 Å². The zero-order valence-electron chi connectivity index (χ0n) is 14.2. The first-order valence-electron chi connectivity index (χ1n) is 8.54. The normalized spacial score (nSPS) is 12.8. The Morgan fingerprint density at radius 2 is 1.76 bits per heavy atom. The lowest BCUT2D eigenvalue weighted by Gasteiger charge is -2.20. The quantitative estimate of drug-likeness (QED) is 0.738. The van der Waals surface area contributed by atoms with Gasteiger partial charge in [0.1, 0.15) is 0 Å². The summed E-state index contributed by atoms with van der Waals surface area (Å²) in [6, 6.07) is 24.2. The summed E-state index contributed by atoms with van der Waals surface area (Å²) in [6.07, 6.45) is 1.07. The molecule has 1 amide bonds.